The van der Waals surface area contributed by atoms with Gasteiger partial charge in [-0.1, -0.05) is 30.3 Å². The summed E-state index contributed by atoms with van der Waals surface area (Å²) in [5.41, 5.74) is 1.08. The van der Waals surface area contributed by atoms with Crippen molar-refractivity contribution in [3.05, 3.63) is 35.9 Å². The van der Waals surface area contributed by atoms with Crippen molar-refractivity contribution in [2.24, 2.45) is 0 Å². The zero-order valence-electron chi connectivity index (χ0n) is 14.5. The molecular formula is C19H27NO5. The van der Waals surface area contributed by atoms with Gasteiger partial charge in [0.15, 0.2) is 0 Å². The molecule has 1 heterocycles. The lowest BCUT2D eigenvalue weighted by Crippen LogP contribution is -2.37. The van der Waals surface area contributed by atoms with E-state index in [1.54, 1.807) is 0 Å². The molecule has 1 fully saturated rings. The Labute approximate surface area is 148 Å². The average Bonchev–Trinajstić information content (AvgIpc) is 2.61. The third kappa shape index (κ3) is 8.14. The van der Waals surface area contributed by atoms with Crippen molar-refractivity contribution in [3.63, 3.8) is 0 Å². The standard InChI is InChI=1S/C19H27NO5/c21-18(10-13-25-17-8-11-24-12-9-17)20-16(6-7-19(22)23)14-15-4-2-1-3-5-15/h1-5,16-17H,6-14H2,(H,20,21)(H,22,23). The first-order valence-electron chi connectivity index (χ1n) is 8.88. The Morgan fingerprint density at radius 3 is 2.60 bits per heavy atom. The maximum atomic E-state index is 12.2. The van der Waals surface area contributed by atoms with Crippen LogP contribution in [0.5, 0.6) is 0 Å². The van der Waals surface area contributed by atoms with Gasteiger partial charge >= 0.3 is 5.97 Å². The summed E-state index contributed by atoms with van der Waals surface area (Å²) in [5, 5.41) is 11.9. The fourth-order valence-electron chi connectivity index (χ4n) is 2.88. The summed E-state index contributed by atoms with van der Waals surface area (Å²) in [6.45, 7) is 1.81. The Morgan fingerprint density at radius 1 is 1.20 bits per heavy atom. The van der Waals surface area contributed by atoms with Gasteiger partial charge in [0.25, 0.3) is 0 Å². The van der Waals surface area contributed by atoms with Gasteiger partial charge in [-0.05, 0) is 31.2 Å². The van der Waals surface area contributed by atoms with E-state index in [0.717, 1.165) is 18.4 Å². The summed E-state index contributed by atoms with van der Waals surface area (Å²) in [7, 11) is 0. The van der Waals surface area contributed by atoms with Gasteiger partial charge < -0.3 is 19.9 Å². The number of hydrogen-bond acceptors (Lipinski definition) is 4. The van der Waals surface area contributed by atoms with Crippen LogP contribution in [0.2, 0.25) is 0 Å². The molecule has 1 aromatic rings. The van der Waals surface area contributed by atoms with Gasteiger partial charge in [0.05, 0.1) is 12.7 Å². The first kappa shape index (κ1) is 19.4. The fraction of sp³-hybridized carbons (Fsp3) is 0.579. The van der Waals surface area contributed by atoms with Gasteiger partial charge in [0.1, 0.15) is 0 Å². The Bertz CT molecular complexity index is 528. The largest absolute Gasteiger partial charge is 0.481 e. The maximum Gasteiger partial charge on any atom is 0.303 e. The molecule has 0 aromatic heterocycles. The van der Waals surface area contributed by atoms with Crippen molar-refractivity contribution in [2.45, 2.75) is 50.7 Å². The van der Waals surface area contributed by atoms with Crippen molar-refractivity contribution in [3.8, 4) is 0 Å². The molecule has 1 unspecified atom stereocenters. The Hall–Kier alpha value is -1.92. The lowest BCUT2D eigenvalue weighted by atomic mass is 10.0. The van der Waals surface area contributed by atoms with E-state index in [-0.39, 0.29) is 30.9 Å². The van der Waals surface area contributed by atoms with Crippen LogP contribution in [0.15, 0.2) is 30.3 Å². The smallest absolute Gasteiger partial charge is 0.303 e. The third-order valence-electron chi connectivity index (χ3n) is 4.25. The monoisotopic (exact) mass is 349 g/mol. The minimum Gasteiger partial charge on any atom is -0.481 e. The van der Waals surface area contributed by atoms with Crippen LogP contribution in [0.4, 0.5) is 0 Å². The number of rotatable bonds is 10. The van der Waals surface area contributed by atoms with Crippen LogP contribution in [0.1, 0.15) is 37.7 Å². The molecule has 6 heteroatoms. The number of carboxylic acids is 1. The van der Waals surface area contributed by atoms with Gasteiger partial charge in [0, 0.05) is 32.1 Å². The molecule has 138 valence electrons. The quantitative estimate of drug-likeness (QED) is 0.676. The second kappa shape index (κ2) is 10.8. The molecule has 25 heavy (non-hydrogen) atoms. The summed E-state index contributed by atoms with van der Waals surface area (Å²) in [6.07, 6.45) is 3.28. The molecule has 1 aliphatic rings. The minimum absolute atomic E-state index is 0.0380. The van der Waals surface area contributed by atoms with E-state index < -0.39 is 5.97 Å². The number of benzene rings is 1. The van der Waals surface area contributed by atoms with E-state index in [4.69, 9.17) is 14.6 Å². The van der Waals surface area contributed by atoms with Crippen LogP contribution in [0.3, 0.4) is 0 Å². The summed E-state index contributed by atoms with van der Waals surface area (Å²) in [5.74, 6) is -0.950. The molecule has 0 radical (unpaired) electrons. The van der Waals surface area contributed by atoms with Crippen LogP contribution < -0.4 is 5.32 Å². The lowest BCUT2D eigenvalue weighted by molar-refractivity contribution is -0.137. The van der Waals surface area contributed by atoms with Crippen LogP contribution >= 0.6 is 0 Å². The summed E-state index contributed by atoms with van der Waals surface area (Å²) in [6, 6.07) is 9.58. The molecule has 1 amide bonds. The number of amides is 1. The van der Waals surface area contributed by atoms with Crippen LogP contribution in [0.25, 0.3) is 0 Å². The molecular weight excluding hydrogens is 322 g/mol. The molecule has 2 rings (SSSR count). The van der Waals surface area contributed by atoms with Gasteiger partial charge in [0.2, 0.25) is 5.91 Å². The third-order valence-corrected chi connectivity index (χ3v) is 4.25. The van der Waals surface area contributed by atoms with E-state index in [9.17, 15) is 9.59 Å². The predicted octanol–water partition coefficient (Wildman–Crippen LogP) is 2.16. The van der Waals surface area contributed by atoms with Crippen molar-refractivity contribution in [1.29, 1.82) is 0 Å². The molecule has 0 aliphatic carbocycles. The van der Waals surface area contributed by atoms with E-state index in [0.29, 0.717) is 32.7 Å². The van der Waals surface area contributed by atoms with E-state index >= 15 is 0 Å². The van der Waals surface area contributed by atoms with Gasteiger partial charge in [-0.2, -0.15) is 0 Å². The Morgan fingerprint density at radius 2 is 1.92 bits per heavy atom. The van der Waals surface area contributed by atoms with Gasteiger partial charge in [-0.3, -0.25) is 9.59 Å². The van der Waals surface area contributed by atoms with Crippen molar-refractivity contribution >= 4 is 11.9 Å². The van der Waals surface area contributed by atoms with Crippen LogP contribution in [-0.2, 0) is 25.5 Å². The van der Waals surface area contributed by atoms with Crippen molar-refractivity contribution in [2.75, 3.05) is 19.8 Å². The molecule has 2 N–H and O–H groups in total. The van der Waals surface area contributed by atoms with Crippen LogP contribution in [-0.4, -0.2) is 48.9 Å². The van der Waals surface area contributed by atoms with Gasteiger partial charge in [-0.25, -0.2) is 0 Å². The van der Waals surface area contributed by atoms with Crippen molar-refractivity contribution < 1.29 is 24.2 Å². The number of ether oxygens (including phenoxy) is 2. The molecule has 1 aliphatic heterocycles. The zero-order chi connectivity index (χ0) is 17.9. The normalized spacial score (nSPS) is 16.3. The molecule has 6 nitrogen and oxygen atoms in total. The van der Waals surface area contributed by atoms with Gasteiger partial charge in [-0.15, -0.1) is 0 Å². The zero-order valence-corrected chi connectivity index (χ0v) is 14.5. The first-order chi connectivity index (χ1) is 12.1. The molecule has 1 atom stereocenters. The Balaban J connectivity index is 1.75. The maximum absolute atomic E-state index is 12.2. The number of carboxylic acid groups (broad SMARTS) is 1. The molecule has 1 aromatic carbocycles. The number of aliphatic carboxylic acids is 1. The minimum atomic E-state index is -0.852. The summed E-state index contributed by atoms with van der Waals surface area (Å²) in [4.78, 5) is 23.0. The van der Waals surface area contributed by atoms with E-state index in [1.807, 2.05) is 30.3 Å². The first-order valence-corrected chi connectivity index (χ1v) is 8.88. The lowest BCUT2D eigenvalue weighted by Gasteiger charge is -2.23. The van der Waals surface area contributed by atoms with Crippen molar-refractivity contribution in [1.82, 2.24) is 5.32 Å². The van der Waals surface area contributed by atoms with E-state index in [2.05, 4.69) is 5.32 Å². The topological polar surface area (TPSA) is 84.9 Å². The molecule has 0 saturated carbocycles. The fourth-order valence-corrected chi connectivity index (χ4v) is 2.88. The predicted molar refractivity (Wildman–Crippen MR) is 93.4 cm³/mol. The highest BCUT2D eigenvalue weighted by molar-refractivity contribution is 5.76. The van der Waals surface area contributed by atoms with Crippen LogP contribution in [0, 0.1) is 0 Å². The number of hydrogen-bond donors (Lipinski definition) is 2. The highest BCUT2D eigenvalue weighted by atomic mass is 16.5. The SMILES string of the molecule is O=C(O)CCC(Cc1ccccc1)NC(=O)CCOC1CCOCC1. The molecule has 0 spiro atoms. The second-order valence-electron chi connectivity index (χ2n) is 6.32. The molecule has 0 bridgehead atoms. The molecule has 1 saturated heterocycles. The number of carbonyl (C=O) groups excluding carboxylic acids is 1. The average molecular weight is 349 g/mol. The summed E-state index contributed by atoms with van der Waals surface area (Å²) < 4.78 is 11.0. The second-order valence-corrected chi connectivity index (χ2v) is 6.32. The summed E-state index contributed by atoms with van der Waals surface area (Å²) >= 11 is 0. The Kier molecular flexibility index (Phi) is 8.42. The van der Waals surface area contributed by atoms with E-state index in [1.165, 1.54) is 0 Å². The highest BCUT2D eigenvalue weighted by Gasteiger charge is 2.17. The number of carbonyl (C=O) groups is 2. The number of nitrogens with one attached hydrogen (secondary N) is 1. The highest BCUT2D eigenvalue weighted by Crippen LogP contribution is 2.11.